The fourth-order valence-corrected chi connectivity index (χ4v) is 3.71. The van der Waals surface area contributed by atoms with Crippen molar-refractivity contribution in [2.45, 2.75) is 12.8 Å². The Morgan fingerprint density at radius 2 is 1.72 bits per heavy atom. The Labute approximate surface area is 151 Å². The summed E-state index contributed by atoms with van der Waals surface area (Å²) in [6.45, 7) is 1.24. The van der Waals surface area contributed by atoms with Gasteiger partial charge in [0.25, 0.3) is 0 Å². The molecule has 1 aromatic heterocycles. The number of hydrogen-bond donors (Lipinski definition) is 2. The highest BCUT2D eigenvalue weighted by atomic mass is 32.1. The summed E-state index contributed by atoms with van der Waals surface area (Å²) < 4.78 is 6.43. The van der Waals surface area contributed by atoms with Gasteiger partial charge in [-0.15, -0.1) is 11.3 Å². The van der Waals surface area contributed by atoms with E-state index in [1.807, 2.05) is 24.3 Å². The number of methoxy groups -OCH3 is 1. The number of nitrogens with one attached hydrogen (secondary N) is 2. The van der Waals surface area contributed by atoms with Crippen LogP contribution in [-0.2, 0) is 12.8 Å². The summed E-state index contributed by atoms with van der Waals surface area (Å²) in [5, 5.41) is 9.28. The van der Waals surface area contributed by atoms with Crippen LogP contribution in [0.3, 0.4) is 0 Å². The van der Waals surface area contributed by atoms with Crippen molar-refractivity contribution in [2.75, 3.05) is 20.2 Å². The van der Waals surface area contributed by atoms with Gasteiger partial charge in [-0.05, 0) is 52.9 Å². The average Bonchev–Trinajstić information content (AvgIpc) is 3.06. The number of fused-ring (bicyclic) bond motifs is 1. The molecule has 0 saturated heterocycles. The van der Waals surface area contributed by atoms with Crippen LogP contribution in [0.4, 0.5) is 4.79 Å². The largest absolute Gasteiger partial charge is 0.497 e. The molecular weight excluding hydrogens is 332 g/mol. The van der Waals surface area contributed by atoms with Crippen LogP contribution in [0.5, 0.6) is 5.75 Å². The second-order valence-electron chi connectivity index (χ2n) is 5.79. The summed E-state index contributed by atoms with van der Waals surface area (Å²) in [4.78, 5) is 11.9. The predicted molar refractivity (Wildman–Crippen MR) is 104 cm³/mol. The molecule has 25 heavy (non-hydrogen) atoms. The zero-order chi connectivity index (χ0) is 17.5. The Balaban J connectivity index is 1.38. The average molecular weight is 354 g/mol. The number of amides is 2. The number of carbonyl (C=O) groups excluding carboxylic acids is 1. The van der Waals surface area contributed by atoms with Crippen LogP contribution in [0.2, 0.25) is 0 Å². The van der Waals surface area contributed by atoms with E-state index in [1.165, 1.54) is 21.2 Å². The molecule has 0 bridgehead atoms. The molecule has 1 heterocycles. The highest BCUT2D eigenvalue weighted by molar-refractivity contribution is 7.17. The molecule has 2 aromatic carbocycles. The van der Waals surface area contributed by atoms with Gasteiger partial charge in [-0.1, -0.05) is 30.3 Å². The molecule has 3 rings (SSSR count). The lowest BCUT2D eigenvalue weighted by molar-refractivity contribution is 0.241. The Hall–Kier alpha value is -2.53. The van der Waals surface area contributed by atoms with E-state index in [9.17, 15) is 4.79 Å². The summed E-state index contributed by atoms with van der Waals surface area (Å²) in [7, 11) is 1.65. The first-order valence-corrected chi connectivity index (χ1v) is 9.24. The monoisotopic (exact) mass is 354 g/mol. The number of benzene rings is 2. The maximum atomic E-state index is 11.9. The second kappa shape index (κ2) is 8.53. The van der Waals surface area contributed by atoms with Gasteiger partial charge in [0.05, 0.1) is 7.11 Å². The minimum atomic E-state index is -0.118. The molecule has 0 unspecified atom stereocenters. The van der Waals surface area contributed by atoms with E-state index in [1.54, 1.807) is 18.4 Å². The minimum absolute atomic E-state index is 0.118. The van der Waals surface area contributed by atoms with Crippen molar-refractivity contribution in [1.82, 2.24) is 10.6 Å². The number of urea groups is 1. The fourth-order valence-electron chi connectivity index (χ4n) is 2.71. The summed E-state index contributed by atoms with van der Waals surface area (Å²) in [6, 6.07) is 16.1. The first kappa shape index (κ1) is 17.3. The van der Waals surface area contributed by atoms with Gasteiger partial charge < -0.3 is 15.4 Å². The quantitative estimate of drug-likeness (QED) is 0.674. The molecule has 0 aliphatic carbocycles. The van der Waals surface area contributed by atoms with Crippen molar-refractivity contribution in [3.05, 3.63) is 65.0 Å². The normalized spacial score (nSPS) is 10.6. The molecule has 5 heteroatoms. The molecule has 4 nitrogen and oxygen atoms in total. The lowest BCUT2D eigenvalue weighted by Crippen LogP contribution is -2.37. The van der Waals surface area contributed by atoms with Gasteiger partial charge >= 0.3 is 6.03 Å². The van der Waals surface area contributed by atoms with Crippen LogP contribution < -0.4 is 15.4 Å². The predicted octanol–water partition coefficient (Wildman–Crippen LogP) is 3.99. The molecule has 0 aliphatic rings. The van der Waals surface area contributed by atoms with Gasteiger partial charge in [0.15, 0.2) is 0 Å². The second-order valence-corrected chi connectivity index (χ2v) is 6.70. The molecule has 0 spiro atoms. The maximum absolute atomic E-state index is 11.9. The zero-order valence-corrected chi connectivity index (χ0v) is 15.1. The van der Waals surface area contributed by atoms with Crippen molar-refractivity contribution in [2.24, 2.45) is 0 Å². The van der Waals surface area contributed by atoms with E-state index in [2.05, 4.69) is 40.3 Å². The molecule has 3 aromatic rings. The third-order valence-electron chi connectivity index (χ3n) is 4.10. The Kier molecular flexibility index (Phi) is 5.90. The fraction of sp³-hybridized carbons (Fsp3) is 0.250. The van der Waals surface area contributed by atoms with Crippen molar-refractivity contribution < 1.29 is 9.53 Å². The first-order chi connectivity index (χ1) is 12.3. The molecule has 0 fully saturated rings. The zero-order valence-electron chi connectivity index (χ0n) is 14.2. The van der Waals surface area contributed by atoms with Gasteiger partial charge in [-0.25, -0.2) is 4.79 Å². The maximum Gasteiger partial charge on any atom is 0.314 e. The first-order valence-electron chi connectivity index (χ1n) is 8.36. The standard InChI is InChI=1S/C20H22N2O2S/c1-24-17-8-6-15(7-9-17)10-12-21-20(23)22-13-11-16-14-25-19-5-3-2-4-18(16)19/h2-9,14H,10-13H2,1H3,(H2,21,22,23). The third-order valence-corrected chi connectivity index (χ3v) is 5.11. The third kappa shape index (κ3) is 4.73. The van der Waals surface area contributed by atoms with Gasteiger partial charge in [0.2, 0.25) is 0 Å². The molecule has 0 atom stereocenters. The van der Waals surface area contributed by atoms with Crippen LogP contribution in [0.1, 0.15) is 11.1 Å². The molecule has 0 radical (unpaired) electrons. The van der Waals surface area contributed by atoms with E-state index >= 15 is 0 Å². The topological polar surface area (TPSA) is 50.4 Å². The van der Waals surface area contributed by atoms with Gasteiger partial charge in [0, 0.05) is 17.8 Å². The van der Waals surface area contributed by atoms with Gasteiger partial charge in [0.1, 0.15) is 5.75 Å². The minimum Gasteiger partial charge on any atom is -0.497 e. The summed E-state index contributed by atoms with van der Waals surface area (Å²) in [5.74, 6) is 0.843. The Bertz CT molecular complexity index is 827. The van der Waals surface area contributed by atoms with E-state index < -0.39 is 0 Å². The van der Waals surface area contributed by atoms with Crippen LogP contribution in [0, 0.1) is 0 Å². The molecule has 2 N–H and O–H groups in total. The van der Waals surface area contributed by atoms with Crippen LogP contribution >= 0.6 is 11.3 Å². The summed E-state index contributed by atoms with van der Waals surface area (Å²) in [5.41, 5.74) is 2.46. The number of thiophene rings is 1. The van der Waals surface area contributed by atoms with Crippen molar-refractivity contribution >= 4 is 27.5 Å². The van der Waals surface area contributed by atoms with Crippen molar-refractivity contribution in [3.63, 3.8) is 0 Å². The van der Waals surface area contributed by atoms with E-state index in [-0.39, 0.29) is 6.03 Å². The molecule has 130 valence electrons. The Morgan fingerprint density at radius 3 is 2.48 bits per heavy atom. The summed E-state index contributed by atoms with van der Waals surface area (Å²) >= 11 is 1.75. The molecule has 2 amide bonds. The van der Waals surface area contributed by atoms with E-state index in [4.69, 9.17) is 4.74 Å². The SMILES string of the molecule is COc1ccc(CCNC(=O)NCCc2csc3ccccc23)cc1. The number of carbonyl (C=O) groups is 1. The lowest BCUT2D eigenvalue weighted by atomic mass is 10.1. The molecule has 0 saturated carbocycles. The number of hydrogen-bond acceptors (Lipinski definition) is 3. The molecule has 0 aliphatic heterocycles. The van der Waals surface area contributed by atoms with Gasteiger partial charge in [-0.2, -0.15) is 0 Å². The van der Waals surface area contributed by atoms with E-state index in [0.717, 1.165) is 18.6 Å². The summed E-state index contributed by atoms with van der Waals surface area (Å²) in [6.07, 6.45) is 1.64. The lowest BCUT2D eigenvalue weighted by Gasteiger charge is -2.08. The highest BCUT2D eigenvalue weighted by Crippen LogP contribution is 2.25. The van der Waals surface area contributed by atoms with Crippen molar-refractivity contribution in [1.29, 1.82) is 0 Å². The Morgan fingerprint density at radius 1 is 1.00 bits per heavy atom. The smallest absolute Gasteiger partial charge is 0.314 e. The highest BCUT2D eigenvalue weighted by Gasteiger charge is 2.04. The van der Waals surface area contributed by atoms with Crippen molar-refractivity contribution in [3.8, 4) is 5.75 Å². The van der Waals surface area contributed by atoms with Crippen LogP contribution in [0.15, 0.2) is 53.9 Å². The number of ether oxygens (including phenoxy) is 1. The van der Waals surface area contributed by atoms with Gasteiger partial charge in [-0.3, -0.25) is 0 Å². The number of rotatable bonds is 7. The van der Waals surface area contributed by atoms with Crippen LogP contribution in [-0.4, -0.2) is 26.2 Å². The molecular formula is C20H22N2O2S. The van der Waals surface area contributed by atoms with Crippen LogP contribution in [0.25, 0.3) is 10.1 Å². The van der Waals surface area contributed by atoms with E-state index in [0.29, 0.717) is 13.1 Å².